The second-order valence-corrected chi connectivity index (χ2v) is 6.78. The van der Waals surface area contributed by atoms with Crippen molar-refractivity contribution in [3.05, 3.63) is 60.2 Å². The summed E-state index contributed by atoms with van der Waals surface area (Å²) >= 11 is 0. The average molecular weight is 498 g/mol. The average Bonchev–Trinajstić information content (AvgIpc) is 2.77. The summed E-state index contributed by atoms with van der Waals surface area (Å²) in [5.74, 6) is -1.29. The van der Waals surface area contributed by atoms with E-state index in [4.69, 9.17) is 0 Å². The van der Waals surface area contributed by atoms with Gasteiger partial charge in [-0.2, -0.15) is 41.3 Å². The van der Waals surface area contributed by atoms with Gasteiger partial charge >= 0.3 is 18.4 Å². The van der Waals surface area contributed by atoms with Crippen LogP contribution < -0.4 is 15.4 Å². The number of carbonyl (C=O) groups is 1. The van der Waals surface area contributed by atoms with Crippen LogP contribution in [0, 0.1) is 0 Å². The molecule has 0 bridgehead atoms. The molecule has 0 fully saturated rings. The van der Waals surface area contributed by atoms with Gasteiger partial charge < -0.3 is 15.4 Å². The highest BCUT2D eigenvalue weighted by Gasteiger charge is 2.31. The van der Waals surface area contributed by atoms with Crippen LogP contribution in [-0.4, -0.2) is 39.9 Å². The van der Waals surface area contributed by atoms with Crippen molar-refractivity contribution < 1.29 is 35.9 Å². The Labute approximate surface area is 194 Å². The molecule has 1 amide bonds. The monoisotopic (exact) mass is 498 g/mol. The lowest BCUT2D eigenvalue weighted by Crippen LogP contribution is -2.20. The third kappa shape index (κ3) is 8.57. The van der Waals surface area contributed by atoms with Gasteiger partial charge in [-0.25, -0.2) is 4.99 Å². The molecule has 0 spiro atoms. The zero-order valence-electron chi connectivity index (χ0n) is 17.6. The zero-order chi connectivity index (χ0) is 25.5. The number of nitrogens with one attached hydrogen (secondary N) is 2. The number of benzene rings is 2. The molecule has 1 aromatic heterocycles. The van der Waals surface area contributed by atoms with Crippen LogP contribution in [0.2, 0.25) is 0 Å². The first-order valence-corrected chi connectivity index (χ1v) is 9.75. The van der Waals surface area contributed by atoms with E-state index >= 15 is 0 Å². The van der Waals surface area contributed by atoms with Gasteiger partial charge in [-0.1, -0.05) is 24.3 Å². The van der Waals surface area contributed by atoms with Crippen molar-refractivity contribution in [1.82, 2.24) is 15.0 Å². The fourth-order valence-electron chi connectivity index (χ4n) is 2.52. The molecule has 3 rings (SSSR count). The molecule has 184 valence electrons. The standard InChI is InChI=1S/C21H16F6N6O2/c22-20(23,24)12-35-19-32-17(28-10-9-16(34)29-14-6-2-1-3-7-14)31-18(33-19)30-15-8-4-5-13(11-15)21(25,26)27/h1-8,10-11H,9,12H2,(H,29,34)(H,30,31,32,33). The number of hydrogen-bond acceptors (Lipinski definition) is 7. The molecule has 0 saturated heterocycles. The Hall–Kier alpha value is -4.23. The highest BCUT2D eigenvalue weighted by atomic mass is 19.4. The van der Waals surface area contributed by atoms with E-state index < -0.39 is 48.3 Å². The maximum Gasteiger partial charge on any atom is 0.422 e. The number of hydrogen-bond donors (Lipinski definition) is 2. The fourth-order valence-corrected chi connectivity index (χ4v) is 2.52. The first-order valence-electron chi connectivity index (χ1n) is 9.75. The predicted molar refractivity (Wildman–Crippen MR) is 114 cm³/mol. The summed E-state index contributed by atoms with van der Waals surface area (Å²) in [4.78, 5) is 26.9. The van der Waals surface area contributed by atoms with Crippen LogP contribution >= 0.6 is 0 Å². The van der Waals surface area contributed by atoms with Crippen LogP contribution in [0.3, 0.4) is 0 Å². The first-order chi connectivity index (χ1) is 16.5. The number of carbonyl (C=O) groups excluding carboxylic acids is 1. The highest BCUT2D eigenvalue weighted by Crippen LogP contribution is 2.31. The lowest BCUT2D eigenvalue weighted by atomic mass is 10.2. The van der Waals surface area contributed by atoms with E-state index in [1.807, 2.05) is 0 Å². The van der Waals surface area contributed by atoms with Gasteiger partial charge in [0.1, 0.15) is 0 Å². The number of para-hydroxylation sites is 1. The summed E-state index contributed by atoms with van der Waals surface area (Å²) in [6.07, 6.45) is -8.43. The Kier molecular flexibility index (Phi) is 7.83. The zero-order valence-corrected chi connectivity index (χ0v) is 17.6. The first kappa shape index (κ1) is 25.4. The SMILES string of the molecule is O=C(CC=Nc1nc(Nc2cccc(C(F)(F)F)c2)nc(OCC(F)(F)F)n1)Nc1ccccc1. The van der Waals surface area contributed by atoms with Crippen molar-refractivity contribution in [3.8, 4) is 6.01 Å². The molecule has 14 heteroatoms. The van der Waals surface area contributed by atoms with Crippen molar-refractivity contribution in [2.45, 2.75) is 18.8 Å². The van der Waals surface area contributed by atoms with Crippen LogP contribution in [0.5, 0.6) is 6.01 Å². The van der Waals surface area contributed by atoms with E-state index in [-0.39, 0.29) is 12.1 Å². The summed E-state index contributed by atoms with van der Waals surface area (Å²) in [6.45, 7) is -1.72. The Morgan fingerprint density at radius 3 is 2.34 bits per heavy atom. The molecule has 35 heavy (non-hydrogen) atoms. The Balaban J connectivity index is 1.78. The number of halogens is 6. The maximum absolute atomic E-state index is 12.9. The molecule has 0 radical (unpaired) electrons. The molecule has 8 nitrogen and oxygen atoms in total. The molecule has 1 heterocycles. The number of ether oxygens (including phenoxy) is 1. The smallest absolute Gasteiger partial charge is 0.422 e. The number of anilines is 3. The Bertz CT molecular complexity index is 1180. The van der Waals surface area contributed by atoms with Crippen LogP contribution in [0.4, 0.5) is 49.6 Å². The Morgan fingerprint density at radius 2 is 1.66 bits per heavy atom. The molecule has 0 atom stereocenters. The van der Waals surface area contributed by atoms with Crippen molar-refractivity contribution >= 4 is 35.4 Å². The maximum atomic E-state index is 12.9. The molecular formula is C21H16F6N6O2. The van der Waals surface area contributed by atoms with E-state index in [0.29, 0.717) is 5.69 Å². The minimum absolute atomic E-state index is 0.0926. The lowest BCUT2D eigenvalue weighted by Gasteiger charge is -2.11. The molecule has 0 unspecified atom stereocenters. The van der Waals surface area contributed by atoms with Crippen molar-refractivity contribution in [1.29, 1.82) is 0 Å². The molecule has 0 aliphatic heterocycles. The number of aliphatic imine (C=N–C) groups is 1. The van der Waals surface area contributed by atoms with E-state index in [1.165, 1.54) is 6.07 Å². The summed E-state index contributed by atoms with van der Waals surface area (Å²) in [7, 11) is 0. The molecule has 0 aliphatic rings. The van der Waals surface area contributed by atoms with E-state index in [2.05, 4.69) is 35.3 Å². The molecule has 3 aromatic rings. The second kappa shape index (κ2) is 10.8. The Morgan fingerprint density at radius 1 is 0.943 bits per heavy atom. The van der Waals surface area contributed by atoms with Gasteiger partial charge in [-0.15, -0.1) is 0 Å². The summed E-state index contributed by atoms with van der Waals surface area (Å²) < 4.78 is 80.9. The van der Waals surface area contributed by atoms with Crippen molar-refractivity contribution in [2.75, 3.05) is 17.2 Å². The molecule has 2 N–H and O–H groups in total. The second-order valence-electron chi connectivity index (χ2n) is 6.78. The van der Waals surface area contributed by atoms with Gasteiger partial charge in [0.25, 0.3) is 5.95 Å². The van der Waals surface area contributed by atoms with Gasteiger partial charge in [-0.05, 0) is 30.3 Å². The third-order valence-corrected chi connectivity index (χ3v) is 3.96. The number of rotatable bonds is 8. The lowest BCUT2D eigenvalue weighted by molar-refractivity contribution is -0.154. The van der Waals surface area contributed by atoms with Gasteiger partial charge in [0.2, 0.25) is 11.9 Å². The highest BCUT2D eigenvalue weighted by molar-refractivity contribution is 5.99. The van der Waals surface area contributed by atoms with Crippen molar-refractivity contribution in [2.24, 2.45) is 4.99 Å². The van der Waals surface area contributed by atoms with E-state index in [1.54, 1.807) is 30.3 Å². The summed E-state index contributed by atoms with van der Waals surface area (Å²) in [6, 6.07) is 11.8. The van der Waals surface area contributed by atoms with E-state index in [0.717, 1.165) is 24.4 Å². The number of amides is 1. The minimum Gasteiger partial charge on any atom is -0.454 e. The van der Waals surface area contributed by atoms with Crippen molar-refractivity contribution in [3.63, 3.8) is 0 Å². The minimum atomic E-state index is -4.69. The van der Waals surface area contributed by atoms with Gasteiger partial charge in [0.05, 0.1) is 12.0 Å². The number of nitrogens with zero attached hydrogens (tertiary/aromatic N) is 4. The van der Waals surface area contributed by atoms with Gasteiger partial charge in [0, 0.05) is 17.6 Å². The van der Waals surface area contributed by atoms with Crippen LogP contribution in [0.1, 0.15) is 12.0 Å². The summed E-state index contributed by atoms with van der Waals surface area (Å²) in [5, 5.41) is 5.05. The van der Waals surface area contributed by atoms with E-state index in [9.17, 15) is 31.1 Å². The fraction of sp³-hybridized carbons (Fsp3) is 0.190. The van der Waals surface area contributed by atoms with Crippen LogP contribution in [0.25, 0.3) is 0 Å². The largest absolute Gasteiger partial charge is 0.454 e. The third-order valence-electron chi connectivity index (χ3n) is 3.96. The molecule has 2 aromatic carbocycles. The van der Waals surface area contributed by atoms with Crippen LogP contribution in [0.15, 0.2) is 59.6 Å². The van der Waals surface area contributed by atoms with Crippen LogP contribution in [-0.2, 0) is 11.0 Å². The summed E-state index contributed by atoms with van der Waals surface area (Å²) in [5.41, 5.74) is -0.515. The molecule has 0 saturated carbocycles. The molecule has 0 aliphatic carbocycles. The van der Waals surface area contributed by atoms with Gasteiger partial charge in [0.15, 0.2) is 6.61 Å². The normalized spacial score (nSPS) is 11.9. The van der Waals surface area contributed by atoms with Gasteiger partial charge in [-0.3, -0.25) is 4.79 Å². The quantitative estimate of drug-likeness (QED) is 0.323. The number of aromatic nitrogens is 3. The topological polar surface area (TPSA) is 101 Å². The number of alkyl halides is 6. The molecular weight excluding hydrogens is 482 g/mol. The predicted octanol–water partition coefficient (Wildman–Crippen LogP) is 5.31.